The molecule has 0 saturated heterocycles. The Bertz CT molecular complexity index is 1130. The minimum atomic E-state index is -3.37. The van der Waals surface area contributed by atoms with E-state index in [9.17, 15) is 13.2 Å². The number of benzene rings is 2. The van der Waals surface area contributed by atoms with E-state index in [1.54, 1.807) is 30.3 Å². The number of anilines is 2. The van der Waals surface area contributed by atoms with Crippen LogP contribution in [0.4, 0.5) is 11.4 Å². The number of sulfonamides is 1. The molecule has 27 heavy (non-hydrogen) atoms. The number of aryl methyl sites for hydroxylation is 2. The highest BCUT2D eigenvalue weighted by molar-refractivity contribution is 7.92. The molecule has 1 amide bonds. The monoisotopic (exact) mass is 383 g/mol. The van der Waals surface area contributed by atoms with Gasteiger partial charge in [0.15, 0.2) is 0 Å². The Balaban J connectivity index is 1.64. The molecule has 1 aliphatic rings. The van der Waals surface area contributed by atoms with Crippen molar-refractivity contribution in [1.82, 2.24) is 4.98 Å². The summed E-state index contributed by atoms with van der Waals surface area (Å²) in [5.41, 5.74) is 4.95. The van der Waals surface area contributed by atoms with E-state index < -0.39 is 10.0 Å². The molecule has 0 saturated carbocycles. The Kier molecular flexibility index (Phi) is 4.39. The van der Waals surface area contributed by atoms with Crippen LogP contribution < -0.4 is 10.0 Å². The van der Waals surface area contributed by atoms with Crippen LogP contribution in [0.1, 0.15) is 34.5 Å². The molecule has 0 fully saturated rings. The van der Waals surface area contributed by atoms with Gasteiger partial charge in [-0.1, -0.05) is 18.2 Å². The second-order valence-electron chi connectivity index (χ2n) is 6.93. The van der Waals surface area contributed by atoms with Crippen molar-refractivity contribution in [2.45, 2.75) is 25.7 Å². The number of fused-ring (bicyclic) bond motifs is 3. The number of aromatic amines is 1. The molecule has 7 heteroatoms. The molecule has 1 aromatic heterocycles. The third kappa shape index (κ3) is 3.68. The second kappa shape index (κ2) is 6.74. The highest BCUT2D eigenvalue weighted by Crippen LogP contribution is 2.31. The minimum absolute atomic E-state index is 0.226. The molecule has 0 aliphatic heterocycles. The quantitative estimate of drug-likeness (QED) is 0.642. The van der Waals surface area contributed by atoms with Gasteiger partial charge >= 0.3 is 0 Å². The van der Waals surface area contributed by atoms with Gasteiger partial charge in [-0.3, -0.25) is 9.52 Å². The molecule has 1 heterocycles. The van der Waals surface area contributed by atoms with Crippen LogP contribution in [0.15, 0.2) is 42.5 Å². The molecular formula is C20H21N3O3S. The van der Waals surface area contributed by atoms with Crippen LogP contribution in [0, 0.1) is 0 Å². The molecule has 3 N–H and O–H groups in total. The van der Waals surface area contributed by atoms with Gasteiger partial charge in [0, 0.05) is 16.8 Å². The maximum Gasteiger partial charge on any atom is 0.257 e. The zero-order chi connectivity index (χ0) is 19.0. The summed E-state index contributed by atoms with van der Waals surface area (Å²) in [4.78, 5) is 16.3. The number of para-hydroxylation sites is 1. The molecule has 2 aromatic carbocycles. The van der Waals surface area contributed by atoms with Gasteiger partial charge in [0.2, 0.25) is 10.0 Å². The van der Waals surface area contributed by atoms with E-state index in [0.717, 1.165) is 30.0 Å². The summed E-state index contributed by atoms with van der Waals surface area (Å²) in [6.07, 6.45) is 5.49. The average Bonchev–Trinajstić information content (AvgIpc) is 2.99. The number of hydrogen-bond acceptors (Lipinski definition) is 3. The largest absolute Gasteiger partial charge is 0.358 e. The fraction of sp³-hybridized carbons (Fsp3) is 0.250. The zero-order valence-electron chi connectivity index (χ0n) is 15.0. The molecule has 0 unspecified atom stereocenters. The molecule has 3 aromatic rings. The van der Waals surface area contributed by atoms with Crippen LogP contribution in [0.2, 0.25) is 0 Å². The smallest absolute Gasteiger partial charge is 0.257 e. The lowest BCUT2D eigenvalue weighted by Crippen LogP contribution is -2.13. The fourth-order valence-corrected chi connectivity index (χ4v) is 4.25. The minimum Gasteiger partial charge on any atom is -0.358 e. The van der Waals surface area contributed by atoms with Crippen molar-refractivity contribution in [3.8, 4) is 0 Å². The molecule has 0 atom stereocenters. The van der Waals surface area contributed by atoms with Crippen LogP contribution in [0.5, 0.6) is 0 Å². The highest BCUT2D eigenvalue weighted by Gasteiger charge is 2.19. The number of carbonyl (C=O) groups is 1. The normalized spacial score (nSPS) is 14.0. The molecule has 0 radical (unpaired) electrons. The maximum absolute atomic E-state index is 12.9. The first-order valence-electron chi connectivity index (χ1n) is 8.92. The Morgan fingerprint density at radius 1 is 1.04 bits per heavy atom. The van der Waals surface area contributed by atoms with E-state index in [0.29, 0.717) is 16.9 Å². The molecule has 4 rings (SSSR count). The Morgan fingerprint density at radius 2 is 1.78 bits per heavy atom. The van der Waals surface area contributed by atoms with Crippen molar-refractivity contribution in [3.63, 3.8) is 0 Å². The summed E-state index contributed by atoms with van der Waals surface area (Å²) in [5.74, 6) is -0.226. The molecule has 0 bridgehead atoms. The van der Waals surface area contributed by atoms with Crippen molar-refractivity contribution in [3.05, 3.63) is 59.3 Å². The highest BCUT2D eigenvalue weighted by atomic mass is 32.2. The molecule has 6 nitrogen and oxygen atoms in total. The Morgan fingerprint density at radius 3 is 2.59 bits per heavy atom. The van der Waals surface area contributed by atoms with Gasteiger partial charge in [-0.2, -0.15) is 0 Å². The molecular weight excluding hydrogens is 362 g/mol. The van der Waals surface area contributed by atoms with Crippen LogP contribution in [0.25, 0.3) is 10.9 Å². The summed E-state index contributed by atoms with van der Waals surface area (Å²) < 4.78 is 25.2. The van der Waals surface area contributed by atoms with Gasteiger partial charge in [0.25, 0.3) is 5.91 Å². The van der Waals surface area contributed by atoms with Gasteiger partial charge in [-0.15, -0.1) is 0 Å². The number of amides is 1. The standard InChI is InChI=1S/C20H21N3O3S/c1-27(25,26)23-14-7-4-6-13(12-14)21-20(24)17-10-5-9-16-15-8-2-3-11-18(15)22-19(16)17/h4-7,9-10,12,22-23H,2-3,8,11H2,1H3,(H,21,24). The first-order chi connectivity index (χ1) is 12.9. The zero-order valence-corrected chi connectivity index (χ0v) is 15.8. The number of carbonyl (C=O) groups excluding carboxylic acids is 1. The van der Waals surface area contributed by atoms with Crippen molar-refractivity contribution in [1.29, 1.82) is 0 Å². The Hall–Kier alpha value is -2.80. The lowest BCUT2D eigenvalue weighted by molar-refractivity contribution is 0.102. The predicted octanol–water partition coefficient (Wildman–Crippen LogP) is 3.67. The van der Waals surface area contributed by atoms with Gasteiger partial charge in [-0.05, 0) is 55.5 Å². The summed E-state index contributed by atoms with van der Waals surface area (Å²) in [5, 5.41) is 3.98. The first-order valence-corrected chi connectivity index (χ1v) is 10.8. The lowest BCUT2D eigenvalue weighted by atomic mass is 9.95. The van der Waals surface area contributed by atoms with Crippen molar-refractivity contribution in [2.75, 3.05) is 16.3 Å². The number of rotatable bonds is 4. The topological polar surface area (TPSA) is 91.1 Å². The van der Waals surface area contributed by atoms with E-state index in [-0.39, 0.29) is 5.91 Å². The van der Waals surface area contributed by atoms with Crippen molar-refractivity contribution < 1.29 is 13.2 Å². The van der Waals surface area contributed by atoms with E-state index in [4.69, 9.17) is 0 Å². The number of aromatic nitrogens is 1. The first kappa shape index (κ1) is 17.6. The summed E-state index contributed by atoms with van der Waals surface area (Å²) in [7, 11) is -3.37. The van der Waals surface area contributed by atoms with Crippen LogP contribution in [-0.4, -0.2) is 25.6 Å². The third-order valence-electron chi connectivity index (χ3n) is 4.80. The lowest BCUT2D eigenvalue weighted by Gasteiger charge is -2.10. The van der Waals surface area contributed by atoms with E-state index in [1.807, 2.05) is 6.07 Å². The Labute approximate surface area is 158 Å². The second-order valence-corrected chi connectivity index (χ2v) is 8.67. The van der Waals surface area contributed by atoms with Crippen LogP contribution in [0.3, 0.4) is 0 Å². The van der Waals surface area contributed by atoms with Gasteiger partial charge in [-0.25, -0.2) is 8.42 Å². The predicted molar refractivity (Wildman–Crippen MR) is 108 cm³/mol. The molecule has 140 valence electrons. The number of H-pyrrole nitrogens is 1. The van der Waals surface area contributed by atoms with Crippen LogP contribution in [-0.2, 0) is 22.9 Å². The van der Waals surface area contributed by atoms with Crippen molar-refractivity contribution in [2.24, 2.45) is 0 Å². The summed E-state index contributed by atoms with van der Waals surface area (Å²) >= 11 is 0. The van der Waals surface area contributed by atoms with E-state index in [1.165, 1.54) is 24.1 Å². The molecule has 0 spiro atoms. The fourth-order valence-electron chi connectivity index (χ4n) is 3.69. The van der Waals surface area contributed by atoms with Crippen LogP contribution >= 0.6 is 0 Å². The number of nitrogens with one attached hydrogen (secondary N) is 3. The average molecular weight is 383 g/mol. The van der Waals surface area contributed by atoms with E-state index >= 15 is 0 Å². The summed E-state index contributed by atoms with van der Waals surface area (Å²) in [6, 6.07) is 12.4. The molecule has 1 aliphatic carbocycles. The third-order valence-corrected chi connectivity index (χ3v) is 5.41. The SMILES string of the molecule is CS(=O)(=O)Nc1cccc(NC(=O)c2cccc3c4c([nH]c23)CCCC4)c1. The van der Waals surface area contributed by atoms with Gasteiger partial charge < -0.3 is 10.3 Å². The van der Waals surface area contributed by atoms with Gasteiger partial charge in [0.1, 0.15) is 0 Å². The van der Waals surface area contributed by atoms with Crippen molar-refractivity contribution >= 4 is 38.2 Å². The number of hydrogen-bond donors (Lipinski definition) is 3. The van der Waals surface area contributed by atoms with E-state index in [2.05, 4.69) is 21.1 Å². The summed E-state index contributed by atoms with van der Waals surface area (Å²) in [6.45, 7) is 0. The maximum atomic E-state index is 12.9. The van der Waals surface area contributed by atoms with Gasteiger partial charge in [0.05, 0.1) is 23.0 Å².